The summed E-state index contributed by atoms with van der Waals surface area (Å²) in [6, 6.07) is 15.6. The van der Waals surface area contributed by atoms with Gasteiger partial charge in [-0.15, -0.1) is 0 Å². The Labute approximate surface area is 190 Å². The van der Waals surface area contributed by atoms with Crippen molar-refractivity contribution in [1.29, 1.82) is 0 Å². The second kappa shape index (κ2) is 10.2. The number of likely N-dealkylation sites (tertiary alicyclic amines) is 1. The molecule has 1 atom stereocenters. The lowest BCUT2D eigenvalue weighted by atomic mass is 10.0. The number of nitrogens with zero attached hydrogens (tertiary/aromatic N) is 1. The minimum atomic E-state index is -3.67. The summed E-state index contributed by atoms with van der Waals surface area (Å²) in [5.41, 5.74) is 3.53. The molecule has 2 aromatic carbocycles. The molecular weight excluding hydrogens is 448 g/mol. The van der Waals surface area contributed by atoms with Crippen LogP contribution in [0.15, 0.2) is 59.6 Å². The Morgan fingerprint density at radius 2 is 1.78 bits per heavy atom. The number of likely N-dealkylation sites (N-methyl/N-ethyl adjacent to an activating group) is 1. The van der Waals surface area contributed by atoms with Crippen LogP contribution in [0.2, 0.25) is 0 Å². The Hall–Kier alpha value is -2.20. The summed E-state index contributed by atoms with van der Waals surface area (Å²) >= 11 is 0. The molecule has 1 saturated heterocycles. The number of hydrogen-bond acceptors (Lipinski definition) is 5. The van der Waals surface area contributed by atoms with Gasteiger partial charge in [-0.05, 0) is 74.7 Å². The first-order valence-corrected chi connectivity index (χ1v) is 14.0. The molecule has 1 fully saturated rings. The average molecular weight is 479 g/mol. The molecule has 2 heterocycles. The van der Waals surface area contributed by atoms with E-state index in [2.05, 4.69) is 35.3 Å². The third-order valence-electron chi connectivity index (χ3n) is 5.72. The molecule has 9 heteroatoms. The van der Waals surface area contributed by atoms with Crippen molar-refractivity contribution < 1.29 is 21.4 Å². The Balaban J connectivity index is 0.000000523. The summed E-state index contributed by atoms with van der Waals surface area (Å²) in [4.78, 5) is 6.21. The average Bonchev–Trinajstić information content (AvgIpc) is 3.32. The van der Waals surface area contributed by atoms with Gasteiger partial charge < -0.3 is 9.88 Å². The van der Waals surface area contributed by atoms with Gasteiger partial charge in [0, 0.05) is 23.1 Å². The standard InChI is InChI=1S/C22H26N2O2S.CH4O3S/c1-24-12-5-6-19(24)15-18-16-23-22-10-9-17(14-21(18)22)11-13-27(25,26)20-7-3-2-4-8-20;1-5(2,3)4/h2-4,7-10,14,16,19,23H,5-6,11-13,15H2,1H3;1H3,(H,2,3,4)/t19-;/m1./s1. The minimum Gasteiger partial charge on any atom is -0.361 e. The van der Waals surface area contributed by atoms with E-state index in [1.807, 2.05) is 12.1 Å². The summed E-state index contributed by atoms with van der Waals surface area (Å²) in [5.74, 6) is 0.133. The van der Waals surface area contributed by atoms with Crippen molar-refractivity contribution in [3.63, 3.8) is 0 Å². The van der Waals surface area contributed by atoms with Gasteiger partial charge in [-0.3, -0.25) is 4.55 Å². The molecule has 1 aliphatic rings. The van der Waals surface area contributed by atoms with E-state index < -0.39 is 20.0 Å². The summed E-state index contributed by atoms with van der Waals surface area (Å²) in [6.07, 6.45) is 6.92. The van der Waals surface area contributed by atoms with Gasteiger partial charge in [0.25, 0.3) is 10.1 Å². The highest BCUT2D eigenvalue weighted by atomic mass is 32.2. The molecule has 174 valence electrons. The number of hydrogen-bond donors (Lipinski definition) is 2. The number of benzene rings is 2. The monoisotopic (exact) mass is 478 g/mol. The first kappa shape index (κ1) is 24.4. The van der Waals surface area contributed by atoms with E-state index in [-0.39, 0.29) is 5.75 Å². The van der Waals surface area contributed by atoms with Crippen LogP contribution in [-0.4, -0.2) is 62.9 Å². The number of aryl methyl sites for hydroxylation is 1. The maximum atomic E-state index is 12.5. The molecule has 7 nitrogen and oxygen atoms in total. The second-order valence-electron chi connectivity index (χ2n) is 8.29. The zero-order valence-electron chi connectivity index (χ0n) is 18.4. The summed E-state index contributed by atoms with van der Waals surface area (Å²) < 4.78 is 50.9. The van der Waals surface area contributed by atoms with Crippen LogP contribution < -0.4 is 0 Å². The van der Waals surface area contributed by atoms with Gasteiger partial charge in [0.2, 0.25) is 0 Å². The first-order chi connectivity index (χ1) is 15.0. The van der Waals surface area contributed by atoms with E-state index in [0.29, 0.717) is 23.6 Å². The fourth-order valence-corrected chi connectivity index (χ4v) is 5.35. The van der Waals surface area contributed by atoms with E-state index >= 15 is 0 Å². The third-order valence-corrected chi connectivity index (χ3v) is 7.45. The molecule has 0 unspecified atom stereocenters. The predicted molar refractivity (Wildman–Crippen MR) is 127 cm³/mol. The smallest absolute Gasteiger partial charge is 0.261 e. The van der Waals surface area contributed by atoms with E-state index in [0.717, 1.165) is 17.5 Å². The molecular formula is C23H30N2O5S2. The molecule has 0 aliphatic carbocycles. The second-order valence-corrected chi connectivity index (χ2v) is 11.9. The number of sulfone groups is 1. The zero-order valence-corrected chi connectivity index (χ0v) is 20.0. The Morgan fingerprint density at radius 1 is 1.09 bits per heavy atom. The van der Waals surface area contributed by atoms with Crippen molar-refractivity contribution in [2.75, 3.05) is 25.6 Å². The highest BCUT2D eigenvalue weighted by Crippen LogP contribution is 2.26. The lowest BCUT2D eigenvalue weighted by Gasteiger charge is -2.18. The summed E-state index contributed by atoms with van der Waals surface area (Å²) in [5, 5.41) is 1.23. The van der Waals surface area contributed by atoms with Gasteiger partial charge in [0.05, 0.1) is 16.9 Å². The Kier molecular flexibility index (Phi) is 7.76. The van der Waals surface area contributed by atoms with Crippen LogP contribution in [0.25, 0.3) is 10.9 Å². The number of H-pyrrole nitrogens is 1. The van der Waals surface area contributed by atoms with Crippen LogP contribution in [0, 0.1) is 0 Å². The Morgan fingerprint density at radius 3 is 2.41 bits per heavy atom. The topological polar surface area (TPSA) is 108 Å². The van der Waals surface area contributed by atoms with Crippen molar-refractivity contribution >= 4 is 30.9 Å². The van der Waals surface area contributed by atoms with Gasteiger partial charge in [0.1, 0.15) is 0 Å². The van der Waals surface area contributed by atoms with Crippen LogP contribution in [0.5, 0.6) is 0 Å². The number of aromatic nitrogens is 1. The van der Waals surface area contributed by atoms with Crippen LogP contribution in [0.3, 0.4) is 0 Å². The molecule has 0 amide bonds. The highest BCUT2D eigenvalue weighted by Gasteiger charge is 2.22. The van der Waals surface area contributed by atoms with Crippen molar-refractivity contribution in [2.45, 2.75) is 36.6 Å². The van der Waals surface area contributed by atoms with E-state index in [9.17, 15) is 16.8 Å². The van der Waals surface area contributed by atoms with Crippen molar-refractivity contribution in [3.8, 4) is 0 Å². The zero-order chi connectivity index (χ0) is 23.4. The number of rotatable bonds is 6. The molecule has 0 saturated carbocycles. The SMILES string of the molecule is CN1CCC[C@@H]1Cc1c[nH]c2ccc(CCS(=O)(=O)c3ccccc3)cc12.CS(=O)(=O)O. The molecule has 0 bridgehead atoms. The molecule has 4 rings (SSSR count). The maximum absolute atomic E-state index is 12.5. The number of nitrogens with one attached hydrogen (secondary N) is 1. The predicted octanol–water partition coefficient (Wildman–Crippen LogP) is 3.33. The minimum absolute atomic E-state index is 0.133. The van der Waals surface area contributed by atoms with Crippen molar-refractivity contribution in [1.82, 2.24) is 9.88 Å². The van der Waals surface area contributed by atoms with Crippen LogP contribution in [-0.2, 0) is 32.8 Å². The highest BCUT2D eigenvalue weighted by molar-refractivity contribution is 7.91. The molecule has 3 aromatic rings. The van der Waals surface area contributed by atoms with E-state index in [1.165, 1.54) is 30.3 Å². The van der Waals surface area contributed by atoms with E-state index in [1.54, 1.807) is 24.3 Å². The largest absolute Gasteiger partial charge is 0.361 e. The maximum Gasteiger partial charge on any atom is 0.261 e. The quantitative estimate of drug-likeness (QED) is 0.526. The van der Waals surface area contributed by atoms with Gasteiger partial charge in [-0.2, -0.15) is 8.42 Å². The number of aromatic amines is 1. The molecule has 2 N–H and O–H groups in total. The van der Waals surface area contributed by atoms with Gasteiger partial charge in [-0.25, -0.2) is 8.42 Å². The molecule has 1 aliphatic heterocycles. The third kappa shape index (κ3) is 6.90. The van der Waals surface area contributed by atoms with Crippen LogP contribution >= 0.6 is 0 Å². The summed E-state index contributed by atoms with van der Waals surface area (Å²) in [7, 11) is -4.71. The lowest BCUT2D eigenvalue weighted by molar-refractivity contribution is 0.310. The summed E-state index contributed by atoms with van der Waals surface area (Å²) in [6.45, 7) is 1.18. The number of fused-ring (bicyclic) bond motifs is 1. The van der Waals surface area contributed by atoms with Crippen molar-refractivity contribution in [3.05, 3.63) is 65.9 Å². The molecule has 0 radical (unpaired) electrons. The van der Waals surface area contributed by atoms with Crippen LogP contribution in [0.1, 0.15) is 24.0 Å². The molecule has 0 spiro atoms. The molecule has 1 aromatic heterocycles. The van der Waals surface area contributed by atoms with Gasteiger partial charge in [-0.1, -0.05) is 24.3 Å². The lowest BCUT2D eigenvalue weighted by Crippen LogP contribution is -2.26. The van der Waals surface area contributed by atoms with Gasteiger partial charge >= 0.3 is 0 Å². The van der Waals surface area contributed by atoms with Gasteiger partial charge in [0.15, 0.2) is 9.84 Å². The fourth-order valence-electron chi connectivity index (χ4n) is 4.04. The van der Waals surface area contributed by atoms with Crippen molar-refractivity contribution in [2.24, 2.45) is 0 Å². The Bertz CT molecular complexity index is 1240. The van der Waals surface area contributed by atoms with Crippen LogP contribution in [0.4, 0.5) is 0 Å². The first-order valence-electron chi connectivity index (χ1n) is 10.5. The normalized spacial score (nSPS) is 17.3. The van der Waals surface area contributed by atoms with E-state index in [4.69, 9.17) is 4.55 Å². The molecule has 32 heavy (non-hydrogen) atoms. The fraction of sp³-hybridized carbons (Fsp3) is 0.391.